The summed E-state index contributed by atoms with van der Waals surface area (Å²) in [5, 5.41) is 21.5. The lowest BCUT2D eigenvalue weighted by atomic mass is 10.4. The van der Waals surface area contributed by atoms with Crippen LogP contribution >= 0.6 is 11.3 Å². The van der Waals surface area contributed by atoms with E-state index in [1.165, 1.54) is 24.2 Å². The van der Waals surface area contributed by atoms with E-state index in [1.54, 1.807) is 12.3 Å². The first kappa shape index (κ1) is 11.1. The zero-order valence-corrected chi connectivity index (χ0v) is 10.3. The molecular formula is C10H12N6OS. The first-order valence-corrected chi connectivity index (χ1v) is 6.49. The lowest BCUT2D eigenvalue weighted by Crippen LogP contribution is -2.28. The normalized spacial score (nSPS) is 14.4. The van der Waals surface area contributed by atoms with Crippen molar-refractivity contribution in [3.05, 3.63) is 23.0 Å². The summed E-state index contributed by atoms with van der Waals surface area (Å²) < 4.78 is 0. The minimum atomic E-state index is -0.289. The molecule has 0 spiro atoms. The van der Waals surface area contributed by atoms with Crippen LogP contribution in [0.25, 0.3) is 0 Å². The maximum Gasteiger partial charge on any atom is 0.321 e. The number of amides is 2. The number of aromatic nitrogens is 4. The molecule has 1 aliphatic rings. The molecule has 1 aliphatic carbocycles. The summed E-state index contributed by atoms with van der Waals surface area (Å²) in [6.07, 6.45) is 4.00. The van der Waals surface area contributed by atoms with Gasteiger partial charge in [-0.2, -0.15) is 5.10 Å². The van der Waals surface area contributed by atoms with E-state index in [-0.39, 0.29) is 6.03 Å². The van der Waals surface area contributed by atoms with Gasteiger partial charge in [-0.3, -0.25) is 10.4 Å². The van der Waals surface area contributed by atoms with E-state index in [0.29, 0.717) is 17.6 Å². The van der Waals surface area contributed by atoms with E-state index in [1.807, 2.05) is 0 Å². The predicted octanol–water partition coefficient (Wildman–Crippen LogP) is 1.46. The van der Waals surface area contributed by atoms with Crippen molar-refractivity contribution in [2.24, 2.45) is 0 Å². The molecule has 2 amide bonds. The van der Waals surface area contributed by atoms with Crippen molar-refractivity contribution >= 4 is 22.5 Å². The molecule has 7 nitrogen and oxygen atoms in total. The van der Waals surface area contributed by atoms with Crippen LogP contribution in [0.2, 0.25) is 0 Å². The summed E-state index contributed by atoms with van der Waals surface area (Å²) in [6.45, 7) is 0.403. The molecule has 2 heterocycles. The van der Waals surface area contributed by atoms with Gasteiger partial charge >= 0.3 is 6.03 Å². The Morgan fingerprint density at radius 1 is 1.50 bits per heavy atom. The number of H-pyrrole nitrogens is 1. The Balaban J connectivity index is 1.50. The first-order chi connectivity index (χ1) is 8.81. The molecule has 2 aromatic rings. The summed E-state index contributed by atoms with van der Waals surface area (Å²) in [5.74, 6) is 0.561. The van der Waals surface area contributed by atoms with Gasteiger partial charge in [-0.05, 0) is 18.9 Å². The lowest BCUT2D eigenvalue weighted by Gasteiger charge is -2.02. The Morgan fingerprint density at radius 3 is 3.11 bits per heavy atom. The SMILES string of the molecule is O=C(NCc1ccn[nH]1)Nc1nnc(C2CC2)s1. The topological polar surface area (TPSA) is 95.6 Å². The van der Waals surface area contributed by atoms with Crippen LogP contribution in [0.3, 0.4) is 0 Å². The van der Waals surface area contributed by atoms with Crippen LogP contribution in [0.1, 0.15) is 29.5 Å². The van der Waals surface area contributed by atoms with E-state index in [2.05, 4.69) is 31.0 Å². The van der Waals surface area contributed by atoms with Crippen molar-refractivity contribution in [2.75, 3.05) is 5.32 Å². The van der Waals surface area contributed by atoms with Gasteiger partial charge in [0.1, 0.15) is 5.01 Å². The molecule has 3 rings (SSSR count). The second kappa shape index (κ2) is 4.73. The number of carbonyl (C=O) groups is 1. The molecule has 0 atom stereocenters. The number of urea groups is 1. The number of hydrogen-bond donors (Lipinski definition) is 3. The first-order valence-electron chi connectivity index (χ1n) is 5.68. The summed E-state index contributed by atoms with van der Waals surface area (Å²) in [6, 6.07) is 1.51. The Labute approximate surface area is 107 Å². The van der Waals surface area contributed by atoms with Crippen LogP contribution in [-0.4, -0.2) is 26.4 Å². The van der Waals surface area contributed by atoms with E-state index < -0.39 is 0 Å². The second-order valence-electron chi connectivity index (χ2n) is 4.11. The highest BCUT2D eigenvalue weighted by Gasteiger charge is 2.27. The third-order valence-corrected chi connectivity index (χ3v) is 3.59. The Kier molecular flexibility index (Phi) is 2.93. The third kappa shape index (κ3) is 2.65. The van der Waals surface area contributed by atoms with Crippen molar-refractivity contribution in [2.45, 2.75) is 25.3 Å². The Morgan fingerprint density at radius 2 is 2.39 bits per heavy atom. The molecule has 1 saturated carbocycles. The van der Waals surface area contributed by atoms with Gasteiger partial charge in [0.05, 0.1) is 12.2 Å². The molecule has 0 aliphatic heterocycles. The molecular weight excluding hydrogens is 252 g/mol. The summed E-state index contributed by atoms with van der Waals surface area (Å²) in [5.41, 5.74) is 0.848. The van der Waals surface area contributed by atoms with Gasteiger partial charge in [-0.25, -0.2) is 4.79 Å². The minimum Gasteiger partial charge on any atom is -0.332 e. The number of nitrogens with one attached hydrogen (secondary N) is 3. The van der Waals surface area contributed by atoms with Crippen LogP contribution in [0, 0.1) is 0 Å². The zero-order chi connectivity index (χ0) is 12.4. The number of rotatable bonds is 4. The fourth-order valence-electron chi connectivity index (χ4n) is 1.48. The largest absolute Gasteiger partial charge is 0.332 e. The van der Waals surface area contributed by atoms with Gasteiger partial charge in [0.15, 0.2) is 0 Å². The smallest absolute Gasteiger partial charge is 0.321 e. The molecule has 0 saturated heterocycles. The number of carbonyl (C=O) groups excluding carboxylic acids is 1. The van der Waals surface area contributed by atoms with Gasteiger partial charge in [-0.1, -0.05) is 11.3 Å². The summed E-state index contributed by atoms with van der Waals surface area (Å²) in [4.78, 5) is 11.6. The van der Waals surface area contributed by atoms with Crippen molar-refractivity contribution < 1.29 is 4.79 Å². The van der Waals surface area contributed by atoms with E-state index >= 15 is 0 Å². The lowest BCUT2D eigenvalue weighted by molar-refractivity contribution is 0.251. The van der Waals surface area contributed by atoms with E-state index in [0.717, 1.165) is 10.7 Å². The highest BCUT2D eigenvalue weighted by Crippen LogP contribution is 2.41. The van der Waals surface area contributed by atoms with Crippen molar-refractivity contribution in [3.63, 3.8) is 0 Å². The minimum absolute atomic E-state index is 0.289. The van der Waals surface area contributed by atoms with Gasteiger partial charge in [0, 0.05) is 12.1 Å². The van der Waals surface area contributed by atoms with Crippen LogP contribution < -0.4 is 10.6 Å². The van der Waals surface area contributed by atoms with E-state index in [4.69, 9.17) is 0 Å². The molecule has 3 N–H and O–H groups in total. The third-order valence-electron chi connectivity index (χ3n) is 2.59. The molecule has 94 valence electrons. The van der Waals surface area contributed by atoms with Crippen LogP contribution in [0.5, 0.6) is 0 Å². The highest BCUT2D eigenvalue weighted by atomic mass is 32.1. The molecule has 0 radical (unpaired) electrons. The average molecular weight is 264 g/mol. The van der Waals surface area contributed by atoms with Gasteiger partial charge in [-0.15, -0.1) is 10.2 Å². The van der Waals surface area contributed by atoms with Crippen molar-refractivity contribution in [3.8, 4) is 0 Å². The average Bonchev–Trinajstić information content (AvgIpc) is 2.90. The maximum atomic E-state index is 11.6. The highest BCUT2D eigenvalue weighted by molar-refractivity contribution is 7.15. The number of anilines is 1. The number of hydrogen-bond acceptors (Lipinski definition) is 5. The van der Waals surface area contributed by atoms with Gasteiger partial charge in [0.25, 0.3) is 0 Å². The Bertz CT molecular complexity index is 532. The monoisotopic (exact) mass is 264 g/mol. The number of nitrogens with zero attached hydrogens (tertiary/aromatic N) is 3. The Hall–Kier alpha value is -1.96. The quantitative estimate of drug-likeness (QED) is 0.779. The molecule has 0 unspecified atom stereocenters. The summed E-state index contributed by atoms with van der Waals surface area (Å²) in [7, 11) is 0. The van der Waals surface area contributed by atoms with Crippen LogP contribution in [-0.2, 0) is 6.54 Å². The molecule has 0 aromatic carbocycles. The fourth-order valence-corrected chi connectivity index (χ4v) is 2.39. The molecule has 1 fully saturated rings. The van der Waals surface area contributed by atoms with Crippen molar-refractivity contribution in [1.82, 2.24) is 25.7 Å². The molecule has 2 aromatic heterocycles. The maximum absolute atomic E-state index is 11.6. The standard InChI is InChI=1S/C10H12N6OS/c17-9(11-5-7-3-4-12-14-7)13-10-16-15-8(18-10)6-1-2-6/h3-4,6H,1-2,5H2,(H,12,14)(H2,11,13,16,17). The molecule has 18 heavy (non-hydrogen) atoms. The van der Waals surface area contributed by atoms with E-state index in [9.17, 15) is 4.79 Å². The van der Waals surface area contributed by atoms with Crippen LogP contribution in [0.15, 0.2) is 12.3 Å². The zero-order valence-electron chi connectivity index (χ0n) is 9.51. The van der Waals surface area contributed by atoms with Gasteiger partial charge in [0.2, 0.25) is 5.13 Å². The summed E-state index contributed by atoms with van der Waals surface area (Å²) >= 11 is 1.44. The predicted molar refractivity (Wildman–Crippen MR) is 66.3 cm³/mol. The van der Waals surface area contributed by atoms with Gasteiger partial charge < -0.3 is 5.32 Å². The fraction of sp³-hybridized carbons (Fsp3) is 0.400. The van der Waals surface area contributed by atoms with Crippen LogP contribution in [0.4, 0.5) is 9.93 Å². The number of aromatic amines is 1. The molecule has 8 heteroatoms. The van der Waals surface area contributed by atoms with Crippen molar-refractivity contribution in [1.29, 1.82) is 0 Å². The molecule has 0 bridgehead atoms. The second-order valence-corrected chi connectivity index (χ2v) is 5.12.